The van der Waals surface area contributed by atoms with Crippen molar-refractivity contribution in [2.45, 2.75) is 37.6 Å². The lowest BCUT2D eigenvalue weighted by Crippen LogP contribution is -2.34. The molecule has 4 rings (SSSR count). The van der Waals surface area contributed by atoms with E-state index in [1.807, 2.05) is 31.3 Å². The number of benzene rings is 3. The Morgan fingerprint density at radius 1 is 0.903 bits per heavy atom. The molecule has 158 valence electrons. The molecule has 0 aliphatic carbocycles. The van der Waals surface area contributed by atoms with Crippen molar-refractivity contribution in [2.24, 2.45) is 0 Å². The topological polar surface area (TPSA) is 24.2 Å². The Morgan fingerprint density at radius 3 is 2.48 bits per heavy atom. The number of thioether (sulfide) groups is 1. The molecule has 0 spiro atoms. The molecule has 0 saturated carbocycles. The van der Waals surface area contributed by atoms with Gasteiger partial charge in [0.1, 0.15) is 6.54 Å². The predicted molar refractivity (Wildman–Crippen MR) is 132 cm³/mol. The van der Waals surface area contributed by atoms with Crippen LogP contribution in [0.1, 0.15) is 26.2 Å². The van der Waals surface area contributed by atoms with Crippen LogP contribution in [0.2, 0.25) is 0 Å². The average Bonchev–Trinajstić information content (AvgIpc) is 2.82. The molecule has 0 aliphatic rings. The Bertz CT molecular complexity index is 1200. The summed E-state index contributed by atoms with van der Waals surface area (Å²) < 4.78 is 2.33. The molecule has 4 heteroatoms. The minimum absolute atomic E-state index is 0.102. The molecule has 1 heterocycles. The number of aryl methyl sites for hydroxylation is 1. The monoisotopic (exact) mass is 429 g/mol. The lowest BCUT2D eigenvalue weighted by molar-refractivity contribution is -0.672. The van der Waals surface area contributed by atoms with Gasteiger partial charge in [0.2, 0.25) is 11.4 Å². The zero-order valence-electron chi connectivity index (χ0n) is 18.3. The van der Waals surface area contributed by atoms with Gasteiger partial charge in [-0.3, -0.25) is 4.79 Å². The molecule has 31 heavy (non-hydrogen) atoms. The number of carbonyl (C=O) groups excluding carboxylic acids is 1. The standard InChI is InChI=1S/C27H29N2OS/c1-3-4-9-18-29-19-17-26(23-14-7-8-15-25(23)29)31-20-27(30)28(2)24-16-10-12-21-11-5-6-13-22(21)24/h5-8,10-17,19H,3-4,9,18,20H2,1-2H3/q+1. The van der Waals surface area contributed by atoms with Crippen molar-refractivity contribution < 1.29 is 9.36 Å². The van der Waals surface area contributed by atoms with E-state index in [2.05, 4.69) is 66.2 Å². The molecule has 0 fully saturated rings. The Morgan fingerprint density at radius 2 is 1.65 bits per heavy atom. The molecule has 4 aromatic rings. The van der Waals surface area contributed by atoms with E-state index in [0.717, 1.165) is 27.9 Å². The van der Waals surface area contributed by atoms with Gasteiger partial charge in [0.15, 0.2) is 6.20 Å². The third kappa shape index (κ3) is 4.75. The van der Waals surface area contributed by atoms with Crippen molar-refractivity contribution in [1.82, 2.24) is 0 Å². The van der Waals surface area contributed by atoms with Crippen molar-refractivity contribution in [2.75, 3.05) is 17.7 Å². The summed E-state index contributed by atoms with van der Waals surface area (Å²) in [6.45, 7) is 3.26. The third-order valence-corrected chi connectivity index (χ3v) is 6.80. The number of para-hydroxylation sites is 1. The van der Waals surface area contributed by atoms with Gasteiger partial charge >= 0.3 is 0 Å². The van der Waals surface area contributed by atoms with E-state index in [-0.39, 0.29) is 5.91 Å². The summed E-state index contributed by atoms with van der Waals surface area (Å²) >= 11 is 1.62. The normalized spacial score (nSPS) is 11.2. The molecule has 0 radical (unpaired) electrons. The molecule has 0 bridgehead atoms. The van der Waals surface area contributed by atoms with Gasteiger partial charge in [-0.05, 0) is 23.9 Å². The number of anilines is 1. The molecule has 0 unspecified atom stereocenters. The lowest BCUT2D eigenvalue weighted by Gasteiger charge is -2.19. The van der Waals surface area contributed by atoms with E-state index in [0.29, 0.717) is 5.75 Å². The Balaban J connectivity index is 1.52. The Kier molecular flexibility index (Phi) is 6.88. The van der Waals surface area contributed by atoms with Crippen LogP contribution < -0.4 is 9.47 Å². The van der Waals surface area contributed by atoms with Crippen molar-refractivity contribution in [3.05, 3.63) is 79.0 Å². The summed E-state index contributed by atoms with van der Waals surface area (Å²) in [5.74, 6) is 0.508. The van der Waals surface area contributed by atoms with Crippen LogP contribution in [0.15, 0.2) is 83.9 Å². The predicted octanol–water partition coefficient (Wildman–Crippen LogP) is 6.23. The number of pyridine rings is 1. The van der Waals surface area contributed by atoms with E-state index >= 15 is 0 Å². The van der Waals surface area contributed by atoms with Crippen molar-refractivity contribution in [3.8, 4) is 0 Å². The molecule has 1 aromatic heterocycles. The van der Waals surface area contributed by atoms with Crippen LogP contribution in [0.5, 0.6) is 0 Å². The van der Waals surface area contributed by atoms with Crippen LogP contribution in [0, 0.1) is 0 Å². The first-order chi connectivity index (χ1) is 15.2. The number of carbonyl (C=O) groups is 1. The SMILES string of the molecule is CCCCC[n+]1ccc(SCC(=O)N(C)c2cccc3ccccc23)c2ccccc21. The maximum Gasteiger partial charge on any atom is 0.237 e. The largest absolute Gasteiger partial charge is 0.314 e. The Hall–Kier alpha value is -2.85. The minimum atomic E-state index is 0.102. The molecule has 0 saturated heterocycles. The quantitative estimate of drug-likeness (QED) is 0.188. The second kappa shape index (κ2) is 9.97. The number of amides is 1. The highest BCUT2D eigenvalue weighted by Crippen LogP contribution is 2.29. The second-order valence-electron chi connectivity index (χ2n) is 7.84. The summed E-state index contributed by atoms with van der Waals surface area (Å²) in [5.41, 5.74) is 2.19. The highest BCUT2D eigenvalue weighted by atomic mass is 32.2. The average molecular weight is 430 g/mol. The second-order valence-corrected chi connectivity index (χ2v) is 8.85. The van der Waals surface area contributed by atoms with Crippen LogP contribution in [0.25, 0.3) is 21.7 Å². The summed E-state index contributed by atoms with van der Waals surface area (Å²) in [6.07, 6.45) is 5.82. The van der Waals surface area contributed by atoms with Crippen LogP contribution in [0.4, 0.5) is 5.69 Å². The van der Waals surface area contributed by atoms with E-state index in [4.69, 9.17) is 0 Å². The van der Waals surface area contributed by atoms with Crippen LogP contribution in [-0.4, -0.2) is 18.7 Å². The lowest BCUT2D eigenvalue weighted by atomic mass is 10.1. The zero-order valence-corrected chi connectivity index (χ0v) is 19.1. The maximum atomic E-state index is 13.0. The fourth-order valence-electron chi connectivity index (χ4n) is 3.98. The zero-order chi connectivity index (χ0) is 21.6. The summed E-state index contributed by atoms with van der Waals surface area (Å²) in [4.78, 5) is 16.0. The van der Waals surface area contributed by atoms with Gasteiger partial charge in [0.25, 0.3) is 0 Å². The number of fused-ring (bicyclic) bond motifs is 2. The van der Waals surface area contributed by atoms with E-state index in [1.165, 1.54) is 30.2 Å². The molecule has 0 aliphatic heterocycles. The van der Waals surface area contributed by atoms with Crippen molar-refractivity contribution >= 4 is 45.0 Å². The smallest absolute Gasteiger partial charge is 0.237 e. The number of aromatic nitrogens is 1. The summed E-state index contributed by atoms with van der Waals surface area (Å²) in [5, 5.41) is 3.46. The van der Waals surface area contributed by atoms with Crippen molar-refractivity contribution in [1.29, 1.82) is 0 Å². The van der Waals surface area contributed by atoms with Gasteiger partial charge in [-0.2, -0.15) is 4.57 Å². The van der Waals surface area contributed by atoms with Crippen LogP contribution >= 0.6 is 11.8 Å². The molecule has 3 aromatic carbocycles. The molecule has 3 nitrogen and oxygen atoms in total. The number of hydrogen-bond donors (Lipinski definition) is 0. The van der Waals surface area contributed by atoms with Crippen LogP contribution in [-0.2, 0) is 11.3 Å². The first kappa shape index (κ1) is 21.4. The van der Waals surface area contributed by atoms with Gasteiger partial charge in [-0.25, -0.2) is 0 Å². The molecule has 0 N–H and O–H groups in total. The van der Waals surface area contributed by atoms with Crippen LogP contribution in [0.3, 0.4) is 0 Å². The Labute approximate surface area is 188 Å². The van der Waals surface area contributed by atoms with E-state index < -0.39 is 0 Å². The molecule has 1 amide bonds. The van der Waals surface area contributed by atoms with Gasteiger partial charge in [-0.1, -0.05) is 61.9 Å². The fraction of sp³-hybridized carbons (Fsp3) is 0.259. The first-order valence-corrected chi connectivity index (χ1v) is 12.0. The van der Waals surface area contributed by atoms with E-state index in [1.54, 1.807) is 16.7 Å². The fourth-order valence-corrected chi connectivity index (χ4v) is 4.94. The van der Waals surface area contributed by atoms with Gasteiger partial charge in [0.05, 0.1) is 16.8 Å². The van der Waals surface area contributed by atoms with Gasteiger partial charge in [-0.15, -0.1) is 11.8 Å². The number of unbranched alkanes of at least 4 members (excludes halogenated alkanes) is 2. The highest BCUT2D eigenvalue weighted by molar-refractivity contribution is 8.00. The number of rotatable bonds is 8. The van der Waals surface area contributed by atoms with Crippen molar-refractivity contribution in [3.63, 3.8) is 0 Å². The maximum absolute atomic E-state index is 13.0. The molecule has 0 atom stereocenters. The van der Waals surface area contributed by atoms with Gasteiger partial charge < -0.3 is 4.90 Å². The first-order valence-electron chi connectivity index (χ1n) is 11.0. The highest BCUT2D eigenvalue weighted by Gasteiger charge is 2.17. The van der Waals surface area contributed by atoms with Gasteiger partial charge in [0, 0.05) is 35.9 Å². The molecular formula is C27H29N2OS+. The summed E-state index contributed by atoms with van der Waals surface area (Å²) in [6, 6.07) is 25.0. The van der Waals surface area contributed by atoms with E-state index in [9.17, 15) is 4.79 Å². The minimum Gasteiger partial charge on any atom is -0.314 e. The molecular weight excluding hydrogens is 400 g/mol. The third-order valence-electron chi connectivity index (χ3n) is 5.74. The summed E-state index contributed by atoms with van der Waals surface area (Å²) in [7, 11) is 1.87. The number of hydrogen-bond acceptors (Lipinski definition) is 2. The number of nitrogens with zero attached hydrogens (tertiary/aromatic N) is 2.